The van der Waals surface area contributed by atoms with E-state index in [0.29, 0.717) is 6.54 Å². The number of rotatable bonds is 7. The molecule has 0 spiro atoms. The van der Waals surface area contributed by atoms with Crippen molar-refractivity contribution >= 4 is 5.69 Å². The standard InChI is InChI=1S/C14H24FN3/c1-17(2)7-4-8-18(3)14-10-12(5-6-16)9-13(15)11-14/h9-11H,4-8,16H2,1-3H3. The molecule has 0 fully saturated rings. The molecule has 0 heterocycles. The minimum Gasteiger partial charge on any atom is -0.374 e. The summed E-state index contributed by atoms with van der Waals surface area (Å²) >= 11 is 0. The zero-order valence-corrected chi connectivity index (χ0v) is 11.6. The largest absolute Gasteiger partial charge is 0.374 e. The Kier molecular flexibility index (Phi) is 6.09. The topological polar surface area (TPSA) is 32.5 Å². The first-order valence-electron chi connectivity index (χ1n) is 6.38. The Morgan fingerprint density at radius 3 is 2.44 bits per heavy atom. The van der Waals surface area contributed by atoms with E-state index in [-0.39, 0.29) is 5.82 Å². The van der Waals surface area contributed by atoms with Crippen molar-refractivity contribution in [3.05, 3.63) is 29.6 Å². The predicted molar refractivity (Wildman–Crippen MR) is 75.6 cm³/mol. The molecular formula is C14H24FN3. The van der Waals surface area contributed by atoms with E-state index in [1.807, 2.05) is 13.1 Å². The predicted octanol–water partition coefficient (Wildman–Crippen LogP) is 1.71. The maximum atomic E-state index is 13.5. The molecule has 0 bridgehead atoms. The summed E-state index contributed by atoms with van der Waals surface area (Å²) in [4.78, 5) is 4.24. The summed E-state index contributed by atoms with van der Waals surface area (Å²) in [6.07, 6.45) is 1.78. The van der Waals surface area contributed by atoms with Crippen molar-refractivity contribution in [3.8, 4) is 0 Å². The Morgan fingerprint density at radius 2 is 1.83 bits per heavy atom. The highest BCUT2D eigenvalue weighted by Crippen LogP contribution is 2.18. The molecule has 0 aromatic heterocycles. The van der Waals surface area contributed by atoms with Crippen LogP contribution in [0, 0.1) is 5.82 Å². The van der Waals surface area contributed by atoms with Gasteiger partial charge in [0, 0.05) is 19.3 Å². The van der Waals surface area contributed by atoms with Crippen LogP contribution >= 0.6 is 0 Å². The summed E-state index contributed by atoms with van der Waals surface area (Å²) in [5.74, 6) is -0.185. The molecule has 0 aliphatic carbocycles. The van der Waals surface area contributed by atoms with Crippen LogP contribution in [0.15, 0.2) is 18.2 Å². The van der Waals surface area contributed by atoms with Crippen LogP contribution in [0.4, 0.5) is 10.1 Å². The highest BCUT2D eigenvalue weighted by molar-refractivity contribution is 5.48. The summed E-state index contributed by atoms with van der Waals surface area (Å²) in [6.45, 7) is 2.51. The molecule has 0 unspecified atom stereocenters. The lowest BCUT2D eigenvalue weighted by Crippen LogP contribution is -2.23. The molecule has 1 aromatic rings. The van der Waals surface area contributed by atoms with Gasteiger partial charge in [0.2, 0.25) is 0 Å². The van der Waals surface area contributed by atoms with Crippen molar-refractivity contribution in [3.63, 3.8) is 0 Å². The van der Waals surface area contributed by atoms with Crippen LogP contribution in [0.1, 0.15) is 12.0 Å². The molecule has 1 aromatic carbocycles. The average molecular weight is 253 g/mol. The van der Waals surface area contributed by atoms with Gasteiger partial charge in [0.15, 0.2) is 0 Å². The number of hydrogen-bond donors (Lipinski definition) is 1. The summed E-state index contributed by atoms with van der Waals surface area (Å²) in [5, 5.41) is 0. The highest BCUT2D eigenvalue weighted by Gasteiger charge is 2.05. The third-order valence-corrected chi connectivity index (χ3v) is 2.91. The quantitative estimate of drug-likeness (QED) is 0.803. The third kappa shape index (κ3) is 5.02. The van der Waals surface area contributed by atoms with Crippen LogP contribution in [-0.2, 0) is 6.42 Å². The van der Waals surface area contributed by atoms with Gasteiger partial charge in [0.25, 0.3) is 0 Å². The first kappa shape index (κ1) is 14.9. The smallest absolute Gasteiger partial charge is 0.125 e. The SMILES string of the molecule is CN(C)CCCN(C)c1cc(F)cc(CCN)c1. The Morgan fingerprint density at radius 1 is 1.11 bits per heavy atom. The van der Waals surface area contributed by atoms with Gasteiger partial charge in [-0.05, 0) is 63.8 Å². The monoisotopic (exact) mass is 253 g/mol. The van der Waals surface area contributed by atoms with Crippen LogP contribution in [0.25, 0.3) is 0 Å². The molecule has 3 nitrogen and oxygen atoms in total. The van der Waals surface area contributed by atoms with Crippen molar-refractivity contribution < 1.29 is 4.39 Å². The zero-order valence-electron chi connectivity index (χ0n) is 11.6. The highest BCUT2D eigenvalue weighted by atomic mass is 19.1. The second kappa shape index (κ2) is 7.34. The van der Waals surface area contributed by atoms with Crippen molar-refractivity contribution in [1.29, 1.82) is 0 Å². The van der Waals surface area contributed by atoms with E-state index in [0.717, 1.165) is 37.2 Å². The van der Waals surface area contributed by atoms with Gasteiger partial charge in [-0.3, -0.25) is 0 Å². The fourth-order valence-corrected chi connectivity index (χ4v) is 1.92. The molecule has 0 amide bonds. The van der Waals surface area contributed by atoms with E-state index >= 15 is 0 Å². The molecule has 18 heavy (non-hydrogen) atoms. The number of benzene rings is 1. The maximum absolute atomic E-state index is 13.5. The molecule has 0 atom stereocenters. The van der Waals surface area contributed by atoms with E-state index in [1.54, 1.807) is 12.1 Å². The van der Waals surface area contributed by atoms with Crippen LogP contribution < -0.4 is 10.6 Å². The van der Waals surface area contributed by atoms with Crippen molar-refractivity contribution in [2.75, 3.05) is 45.7 Å². The molecule has 2 N–H and O–H groups in total. The van der Waals surface area contributed by atoms with E-state index in [1.165, 1.54) is 0 Å². The summed E-state index contributed by atoms with van der Waals surface area (Å²) in [7, 11) is 6.11. The molecule has 1 rings (SSSR count). The van der Waals surface area contributed by atoms with Crippen molar-refractivity contribution in [2.45, 2.75) is 12.8 Å². The Balaban J connectivity index is 2.63. The zero-order chi connectivity index (χ0) is 13.5. The summed E-state index contributed by atoms with van der Waals surface area (Å²) in [5.41, 5.74) is 7.40. The van der Waals surface area contributed by atoms with Crippen LogP contribution in [0.3, 0.4) is 0 Å². The van der Waals surface area contributed by atoms with E-state index in [4.69, 9.17) is 5.73 Å². The minimum atomic E-state index is -0.185. The summed E-state index contributed by atoms with van der Waals surface area (Å²) in [6, 6.07) is 5.16. The van der Waals surface area contributed by atoms with Gasteiger partial charge in [-0.2, -0.15) is 0 Å². The summed E-state index contributed by atoms with van der Waals surface area (Å²) < 4.78 is 13.5. The average Bonchev–Trinajstić information content (AvgIpc) is 2.28. The molecule has 0 aliphatic rings. The van der Waals surface area contributed by atoms with Gasteiger partial charge in [-0.1, -0.05) is 0 Å². The van der Waals surface area contributed by atoms with Gasteiger partial charge >= 0.3 is 0 Å². The number of halogens is 1. The fourth-order valence-electron chi connectivity index (χ4n) is 1.92. The lowest BCUT2D eigenvalue weighted by Gasteiger charge is -2.21. The second-order valence-electron chi connectivity index (χ2n) is 4.93. The Hall–Kier alpha value is -1.13. The molecule has 0 radical (unpaired) electrons. The number of hydrogen-bond acceptors (Lipinski definition) is 3. The minimum absolute atomic E-state index is 0.185. The van der Waals surface area contributed by atoms with E-state index in [9.17, 15) is 4.39 Å². The van der Waals surface area contributed by atoms with Crippen LogP contribution in [0.5, 0.6) is 0 Å². The van der Waals surface area contributed by atoms with Gasteiger partial charge in [-0.15, -0.1) is 0 Å². The Labute approximate surface area is 109 Å². The van der Waals surface area contributed by atoms with Crippen LogP contribution in [0.2, 0.25) is 0 Å². The van der Waals surface area contributed by atoms with Gasteiger partial charge in [0.1, 0.15) is 5.82 Å². The number of nitrogens with zero attached hydrogens (tertiary/aromatic N) is 2. The van der Waals surface area contributed by atoms with Crippen LogP contribution in [-0.4, -0.2) is 45.7 Å². The van der Waals surface area contributed by atoms with Gasteiger partial charge in [0.05, 0.1) is 0 Å². The molecule has 102 valence electrons. The van der Waals surface area contributed by atoms with Gasteiger partial charge < -0.3 is 15.5 Å². The second-order valence-corrected chi connectivity index (χ2v) is 4.93. The molecule has 4 heteroatoms. The number of anilines is 1. The Bertz CT molecular complexity index is 366. The first-order chi connectivity index (χ1) is 8.52. The molecule has 0 saturated carbocycles. The molecular weight excluding hydrogens is 229 g/mol. The van der Waals surface area contributed by atoms with Gasteiger partial charge in [-0.25, -0.2) is 4.39 Å². The fraction of sp³-hybridized carbons (Fsp3) is 0.571. The number of nitrogens with two attached hydrogens (primary N) is 1. The lowest BCUT2D eigenvalue weighted by atomic mass is 10.1. The lowest BCUT2D eigenvalue weighted by molar-refractivity contribution is 0.401. The maximum Gasteiger partial charge on any atom is 0.125 e. The van der Waals surface area contributed by atoms with E-state index in [2.05, 4.69) is 23.9 Å². The van der Waals surface area contributed by atoms with Crippen molar-refractivity contribution in [2.24, 2.45) is 5.73 Å². The molecule has 0 aliphatic heterocycles. The molecule has 0 saturated heterocycles. The van der Waals surface area contributed by atoms with Crippen molar-refractivity contribution in [1.82, 2.24) is 4.90 Å². The first-order valence-corrected chi connectivity index (χ1v) is 6.38. The normalized spacial score (nSPS) is 11.0. The van der Waals surface area contributed by atoms with E-state index < -0.39 is 0 Å². The third-order valence-electron chi connectivity index (χ3n) is 2.91.